The second-order valence-electron chi connectivity index (χ2n) is 10.5. The molecule has 15 heteroatoms. The van der Waals surface area contributed by atoms with Gasteiger partial charge in [-0.2, -0.15) is 26.3 Å². The number of alkyl halides is 6. The van der Waals surface area contributed by atoms with Crippen molar-refractivity contribution in [1.82, 2.24) is 15.2 Å². The molecule has 43 heavy (non-hydrogen) atoms. The number of nitrogens with zero attached hydrogens (tertiary/aromatic N) is 3. The lowest BCUT2D eigenvalue weighted by Crippen LogP contribution is -2.27. The summed E-state index contributed by atoms with van der Waals surface area (Å²) in [6, 6.07) is 10.0. The predicted molar refractivity (Wildman–Crippen MR) is 147 cm³/mol. The van der Waals surface area contributed by atoms with E-state index in [1.165, 1.54) is 0 Å². The lowest BCUT2D eigenvalue weighted by molar-refractivity contribution is -0.140. The monoisotopic (exact) mass is 634 g/mol. The number of hydrogen-bond acceptors (Lipinski definition) is 8. The van der Waals surface area contributed by atoms with Crippen molar-refractivity contribution in [2.24, 2.45) is 0 Å². The van der Waals surface area contributed by atoms with Gasteiger partial charge < -0.3 is 13.9 Å². The molecule has 3 rings (SSSR count). The van der Waals surface area contributed by atoms with Crippen molar-refractivity contribution in [2.45, 2.75) is 89.1 Å². The summed E-state index contributed by atoms with van der Waals surface area (Å²) < 4.78 is 95.6. The summed E-state index contributed by atoms with van der Waals surface area (Å²) in [5, 5.41) is 9.68. The van der Waals surface area contributed by atoms with Crippen LogP contribution in [0.15, 0.2) is 45.8 Å². The Kier molecular flexibility index (Phi) is 11.8. The van der Waals surface area contributed by atoms with Crippen LogP contribution in [-0.4, -0.2) is 38.8 Å². The molecule has 0 aliphatic heterocycles. The summed E-state index contributed by atoms with van der Waals surface area (Å²) in [6.45, 7) is 4.94. The van der Waals surface area contributed by atoms with Crippen LogP contribution in [0, 0.1) is 0 Å². The van der Waals surface area contributed by atoms with Crippen molar-refractivity contribution in [2.75, 3.05) is 11.1 Å². The molecule has 1 aromatic carbocycles. The number of anilines is 1. The lowest BCUT2D eigenvalue weighted by Gasteiger charge is -2.21. The number of amides is 1. The zero-order chi connectivity index (χ0) is 31.7. The van der Waals surface area contributed by atoms with Gasteiger partial charge in [0.2, 0.25) is 5.89 Å². The van der Waals surface area contributed by atoms with Crippen LogP contribution < -0.4 is 5.32 Å². The third kappa shape index (κ3) is 12.1. The van der Waals surface area contributed by atoms with E-state index in [1.54, 1.807) is 20.8 Å². The van der Waals surface area contributed by atoms with Gasteiger partial charge in [0.05, 0.1) is 17.9 Å². The van der Waals surface area contributed by atoms with E-state index in [-0.39, 0.29) is 48.6 Å². The molecule has 0 bridgehead atoms. The third-order valence-electron chi connectivity index (χ3n) is 5.53. The fourth-order valence-corrected chi connectivity index (χ4v) is 4.70. The Morgan fingerprint density at radius 3 is 2.30 bits per heavy atom. The Bertz CT molecular complexity index is 1330. The largest absolute Gasteiger partial charge is 0.444 e. The molecule has 0 aliphatic rings. The van der Waals surface area contributed by atoms with E-state index in [0.29, 0.717) is 25.3 Å². The molecular weight excluding hydrogens is 602 g/mol. The minimum Gasteiger partial charge on any atom is -0.444 e. The van der Waals surface area contributed by atoms with Crippen LogP contribution in [0.3, 0.4) is 0 Å². The predicted octanol–water partition coefficient (Wildman–Crippen LogP) is 8.82. The summed E-state index contributed by atoms with van der Waals surface area (Å²) >= 11 is 0.790. The molecule has 1 N–H and O–H groups in total. The average molecular weight is 635 g/mol. The highest BCUT2D eigenvalue weighted by Crippen LogP contribution is 2.40. The average Bonchev–Trinajstić information content (AvgIpc) is 3.35. The molecule has 3 aromatic rings. The van der Waals surface area contributed by atoms with E-state index in [9.17, 15) is 31.1 Å². The quantitative estimate of drug-likeness (QED) is 0.113. The van der Waals surface area contributed by atoms with Gasteiger partial charge in [-0.15, -0.1) is 22.0 Å². The number of carbonyl (C=O) groups excluding carboxylic acids is 1. The highest BCUT2D eigenvalue weighted by atomic mass is 32.2. The molecule has 0 unspecified atom stereocenters. The molecule has 0 aliphatic carbocycles. The number of hydrogen-bond donors (Lipinski definition) is 1. The lowest BCUT2D eigenvalue weighted by atomic mass is 10.1. The SMILES string of the molecule is CC(C)(C)OC(=O)Nc1cc(C(F)(F)F)c(SCCCCCCC(F)(F)F)nc1-c1nnc(COCc2ccccc2)o1. The van der Waals surface area contributed by atoms with Gasteiger partial charge in [-0.05, 0) is 51.0 Å². The van der Waals surface area contributed by atoms with Gasteiger partial charge in [0.15, 0.2) is 5.69 Å². The number of unbranched alkanes of at least 4 members (excludes halogenated alkanes) is 3. The number of carbonyl (C=O) groups is 1. The topological polar surface area (TPSA) is 99.4 Å². The van der Waals surface area contributed by atoms with Gasteiger partial charge in [-0.1, -0.05) is 43.2 Å². The van der Waals surface area contributed by atoms with E-state index >= 15 is 0 Å². The Morgan fingerprint density at radius 1 is 0.953 bits per heavy atom. The standard InChI is InChI=1S/C28H32F6N4O4S/c1-26(2,3)42-25(39)35-20-15-19(28(32,33)34)24(43-14-10-5-4-9-13-27(29,30)31)36-22(20)23-38-37-21(41-23)17-40-16-18-11-7-6-8-12-18/h6-8,11-12,15H,4-5,9-10,13-14,16-17H2,1-3H3,(H,35,39). The summed E-state index contributed by atoms with van der Waals surface area (Å²) in [5.41, 5.74) is -1.73. The van der Waals surface area contributed by atoms with Gasteiger partial charge >= 0.3 is 18.4 Å². The van der Waals surface area contributed by atoms with Crippen LogP contribution in [0.5, 0.6) is 0 Å². The molecule has 0 fully saturated rings. The maximum Gasteiger partial charge on any atom is 0.419 e. The number of benzene rings is 1. The van der Waals surface area contributed by atoms with E-state index in [2.05, 4.69) is 20.5 Å². The minimum absolute atomic E-state index is 0.0314. The van der Waals surface area contributed by atoms with Gasteiger partial charge in [0, 0.05) is 6.42 Å². The highest BCUT2D eigenvalue weighted by Gasteiger charge is 2.37. The first-order valence-electron chi connectivity index (χ1n) is 13.4. The van der Waals surface area contributed by atoms with Crippen molar-refractivity contribution in [1.29, 1.82) is 0 Å². The van der Waals surface area contributed by atoms with Crippen molar-refractivity contribution in [3.63, 3.8) is 0 Å². The molecule has 0 spiro atoms. The van der Waals surface area contributed by atoms with Crippen LogP contribution in [0.1, 0.15) is 69.9 Å². The van der Waals surface area contributed by atoms with Gasteiger partial charge in [0.25, 0.3) is 5.89 Å². The van der Waals surface area contributed by atoms with Gasteiger partial charge in [-0.25, -0.2) is 9.78 Å². The molecule has 1 amide bonds. The normalized spacial score (nSPS) is 12.4. The van der Waals surface area contributed by atoms with Crippen LogP contribution in [0.25, 0.3) is 11.6 Å². The molecule has 0 radical (unpaired) electrons. The maximum absolute atomic E-state index is 14.1. The second-order valence-corrected chi connectivity index (χ2v) is 11.6. The fraction of sp³-hybridized carbons (Fsp3) is 0.500. The summed E-state index contributed by atoms with van der Waals surface area (Å²) in [7, 11) is 0. The van der Waals surface area contributed by atoms with Crippen LogP contribution in [0.4, 0.5) is 36.8 Å². The Morgan fingerprint density at radius 2 is 1.65 bits per heavy atom. The Labute approximate surface area is 248 Å². The zero-order valence-electron chi connectivity index (χ0n) is 23.8. The molecule has 0 saturated heterocycles. The molecule has 2 heterocycles. The first-order chi connectivity index (χ1) is 20.1. The summed E-state index contributed by atoms with van der Waals surface area (Å²) in [4.78, 5) is 16.6. The zero-order valence-corrected chi connectivity index (χ0v) is 24.6. The molecule has 0 saturated carbocycles. The number of rotatable bonds is 13. The fourth-order valence-electron chi connectivity index (χ4n) is 3.67. The molecule has 8 nitrogen and oxygen atoms in total. The summed E-state index contributed by atoms with van der Waals surface area (Å²) in [5.74, 6) is -0.0565. The van der Waals surface area contributed by atoms with Crippen LogP contribution >= 0.6 is 11.8 Å². The number of aromatic nitrogens is 3. The van der Waals surface area contributed by atoms with Crippen LogP contribution in [-0.2, 0) is 28.9 Å². The molecule has 236 valence electrons. The first kappa shape index (κ1) is 34.2. The number of halogens is 6. The first-order valence-corrected chi connectivity index (χ1v) is 14.4. The van der Waals surface area contributed by atoms with E-state index in [1.807, 2.05) is 30.3 Å². The molecule has 0 atom stereocenters. The Hall–Kier alpha value is -3.33. The number of ether oxygens (including phenoxy) is 2. The molecule has 2 aromatic heterocycles. The summed E-state index contributed by atoms with van der Waals surface area (Å²) in [6.07, 6.45) is -9.98. The van der Waals surface area contributed by atoms with E-state index in [0.717, 1.165) is 17.3 Å². The van der Waals surface area contributed by atoms with E-state index in [4.69, 9.17) is 13.9 Å². The Balaban J connectivity index is 1.82. The van der Waals surface area contributed by atoms with Crippen molar-refractivity contribution >= 4 is 23.5 Å². The minimum atomic E-state index is -4.84. The molecular formula is C28H32F6N4O4S. The number of thioether (sulfide) groups is 1. The second kappa shape index (κ2) is 14.9. The van der Waals surface area contributed by atoms with Crippen molar-refractivity contribution < 1.29 is 45.0 Å². The van der Waals surface area contributed by atoms with E-state index < -0.39 is 41.1 Å². The van der Waals surface area contributed by atoms with Crippen LogP contribution in [0.2, 0.25) is 0 Å². The van der Waals surface area contributed by atoms with Crippen molar-refractivity contribution in [3.05, 3.63) is 53.4 Å². The maximum atomic E-state index is 14.1. The van der Waals surface area contributed by atoms with Gasteiger partial charge in [-0.3, -0.25) is 5.32 Å². The smallest absolute Gasteiger partial charge is 0.419 e. The number of nitrogens with one attached hydrogen (secondary N) is 1. The van der Waals surface area contributed by atoms with Crippen molar-refractivity contribution in [3.8, 4) is 11.6 Å². The third-order valence-corrected chi connectivity index (χ3v) is 6.61. The highest BCUT2D eigenvalue weighted by molar-refractivity contribution is 7.99. The number of pyridine rings is 1. The van der Waals surface area contributed by atoms with Gasteiger partial charge in [0.1, 0.15) is 17.2 Å².